The molecular weight excluding hydrogens is 240 g/mol. The molecule has 0 saturated heterocycles. The molecule has 0 radical (unpaired) electrons. The highest BCUT2D eigenvalue weighted by atomic mass is 16.5. The van der Waals surface area contributed by atoms with Crippen LogP contribution in [0.25, 0.3) is 0 Å². The SMILES string of the molecule is CCOC(=O)c1cccc(NCCCC2CC2)c1N. The van der Waals surface area contributed by atoms with Crippen LogP contribution < -0.4 is 11.1 Å². The Morgan fingerprint density at radius 2 is 2.26 bits per heavy atom. The molecule has 104 valence electrons. The summed E-state index contributed by atoms with van der Waals surface area (Å²) in [4.78, 5) is 11.7. The molecule has 0 atom stereocenters. The van der Waals surface area contributed by atoms with Gasteiger partial charge in [-0.15, -0.1) is 0 Å². The quantitative estimate of drug-likeness (QED) is 0.450. The van der Waals surface area contributed by atoms with Gasteiger partial charge in [0.2, 0.25) is 0 Å². The third-order valence-corrected chi connectivity index (χ3v) is 3.40. The fourth-order valence-electron chi connectivity index (χ4n) is 2.13. The first-order chi connectivity index (χ1) is 9.22. The minimum atomic E-state index is -0.360. The first-order valence-electron chi connectivity index (χ1n) is 7.02. The Kier molecular flexibility index (Phi) is 4.66. The standard InChI is InChI=1S/C15H22N2O2/c1-2-19-15(18)12-6-3-7-13(14(12)16)17-10-4-5-11-8-9-11/h3,6-7,11,17H,2,4-5,8-10,16H2,1H3. The van der Waals surface area contributed by atoms with Gasteiger partial charge < -0.3 is 15.8 Å². The Labute approximate surface area is 114 Å². The van der Waals surface area contributed by atoms with E-state index in [9.17, 15) is 4.79 Å². The van der Waals surface area contributed by atoms with Crippen LogP contribution in [0.5, 0.6) is 0 Å². The van der Waals surface area contributed by atoms with Crippen molar-refractivity contribution in [3.8, 4) is 0 Å². The lowest BCUT2D eigenvalue weighted by Gasteiger charge is -2.12. The van der Waals surface area contributed by atoms with E-state index in [4.69, 9.17) is 10.5 Å². The maximum Gasteiger partial charge on any atom is 0.340 e. The van der Waals surface area contributed by atoms with Crippen LogP contribution in [0.15, 0.2) is 18.2 Å². The van der Waals surface area contributed by atoms with Crippen molar-refractivity contribution >= 4 is 17.3 Å². The van der Waals surface area contributed by atoms with E-state index in [2.05, 4.69) is 5.32 Å². The van der Waals surface area contributed by atoms with Crippen molar-refractivity contribution in [3.05, 3.63) is 23.8 Å². The first-order valence-corrected chi connectivity index (χ1v) is 7.02. The predicted octanol–water partition coefficient (Wildman–Crippen LogP) is 3.05. The lowest BCUT2D eigenvalue weighted by molar-refractivity contribution is 0.0527. The topological polar surface area (TPSA) is 64.3 Å². The van der Waals surface area contributed by atoms with Crippen LogP contribution in [0.2, 0.25) is 0 Å². The van der Waals surface area contributed by atoms with Crippen LogP contribution in [0.3, 0.4) is 0 Å². The van der Waals surface area contributed by atoms with Crippen LogP contribution in [0, 0.1) is 5.92 Å². The van der Waals surface area contributed by atoms with Crippen molar-refractivity contribution in [1.29, 1.82) is 0 Å². The first kappa shape index (κ1) is 13.7. The molecule has 0 spiro atoms. The number of nitrogens with one attached hydrogen (secondary N) is 1. The summed E-state index contributed by atoms with van der Waals surface area (Å²) in [6.45, 7) is 3.04. The van der Waals surface area contributed by atoms with Gasteiger partial charge in [0.25, 0.3) is 0 Å². The van der Waals surface area contributed by atoms with Crippen molar-refractivity contribution < 1.29 is 9.53 Å². The number of nitrogens with two attached hydrogens (primary N) is 1. The molecule has 2 rings (SSSR count). The summed E-state index contributed by atoms with van der Waals surface area (Å²) in [5.74, 6) is 0.589. The van der Waals surface area contributed by atoms with Crippen molar-refractivity contribution in [1.82, 2.24) is 0 Å². The summed E-state index contributed by atoms with van der Waals surface area (Å²) in [5.41, 5.74) is 7.74. The monoisotopic (exact) mass is 262 g/mol. The lowest BCUT2D eigenvalue weighted by Crippen LogP contribution is -2.11. The number of carbonyl (C=O) groups excluding carboxylic acids is 1. The highest BCUT2D eigenvalue weighted by molar-refractivity contribution is 5.98. The zero-order valence-electron chi connectivity index (χ0n) is 11.4. The van der Waals surface area contributed by atoms with Gasteiger partial charge in [-0.3, -0.25) is 0 Å². The predicted molar refractivity (Wildman–Crippen MR) is 77.3 cm³/mol. The summed E-state index contributed by atoms with van der Waals surface area (Å²) in [5, 5.41) is 3.30. The second-order valence-electron chi connectivity index (χ2n) is 5.00. The normalized spacial score (nSPS) is 14.2. The van der Waals surface area contributed by atoms with E-state index in [1.54, 1.807) is 13.0 Å². The van der Waals surface area contributed by atoms with Crippen molar-refractivity contribution in [2.24, 2.45) is 5.92 Å². The molecule has 1 aliphatic carbocycles. The van der Waals surface area contributed by atoms with E-state index in [1.807, 2.05) is 12.1 Å². The van der Waals surface area contributed by atoms with Crippen LogP contribution in [0.4, 0.5) is 11.4 Å². The molecule has 0 unspecified atom stereocenters. The van der Waals surface area contributed by atoms with E-state index in [0.29, 0.717) is 17.9 Å². The summed E-state index contributed by atoms with van der Waals surface area (Å²) in [6, 6.07) is 5.42. The van der Waals surface area contributed by atoms with Gasteiger partial charge in [0.15, 0.2) is 0 Å². The number of nitrogen functional groups attached to an aromatic ring is 1. The summed E-state index contributed by atoms with van der Waals surface area (Å²) < 4.78 is 4.98. The van der Waals surface area contributed by atoms with Gasteiger partial charge >= 0.3 is 5.97 Å². The second kappa shape index (κ2) is 6.45. The fraction of sp³-hybridized carbons (Fsp3) is 0.533. The van der Waals surface area contributed by atoms with Gasteiger partial charge in [-0.25, -0.2) is 4.79 Å². The summed E-state index contributed by atoms with van der Waals surface area (Å²) in [6.07, 6.45) is 5.21. The van der Waals surface area contributed by atoms with E-state index in [0.717, 1.165) is 24.6 Å². The Morgan fingerprint density at radius 1 is 1.47 bits per heavy atom. The van der Waals surface area contributed by atoms with Crippen LogP contribution in [0.1, 0.15) is 43.0 Å². The number of esters is 1. The van der Waals surface area contributed by atoms with Crippen LogP contribution in [-0.4, -0.2) is 19.1 Å². The van der Waals surface area contributed by atoms with Crippen LogP contribution in [-0.2, 0) is 4.74 Å². The molecule has 1 aromatic rings. The molecule has 1 saturated carbocycles. The third kappa shape index (κ3) is 3.88. The van der Waals surface area contributed by atoms with Crippen molar-refractivity contribution in [2.75, 3.05) is 24.2 Å². The molecule has 4 heteroatoms. The lowest BCUT2D eigenvalue weighted by atomic mass is 10.1. The summed E-state index contributed by atoms with van der Waals surface area (Å²) >= 11 is 0. The molecule has 4 nitrogen and oxygen atoms in total. The van der Waals surface area contributed by atoms with Crippen molar-refractivity contribution in [3.63, 3.8) is 0 Å². The molecule has 1 aliphatic rings. The van der Waals surface area contributed by atoms with Gasteiger partial charge in [-0.1, -0.05) is 18.9 Å². The van der Waals surface area contributed by atoms with E-state index >= 15 is 0 Å². The Hall–Kier alpha value is -1.71. The van der Waals surface area contributed by atoms with E-state index in [-0.39, 0.29) is 5.97 Å². The average Bonchev–Trinajstić information content (AvgIpc) is 3.20. The molecule has 3 N–H and O–H groups in total. The highest BCUT2D eigenvalue weighted by Gasteiger charge is 2.20. The molecule has 0 heterocycles. The van der Waals surface area contributed by atoms with Gasteiger partial charge in [0, 0.05) is 6.54 Å². The molecule has 1 aromatic carbocycles. The molecule has 1 fully saturated rings. The zero-order valence-corrected chi connectivity index (χ0v) is 11.4. The molecule has 0 aliphatic heterocycles. The molecular formula is C15H22N2O2. The van der Waals surface area contributed by atoms with Gasteiger partial charge in [0.1, 0.15) is 0 Å². The number of rotatable bonds is 7. The summed E-state index contributed by atoms with van der Waals surface area (Å²) in [7, 11) is 0. The van der Waals surface area contributed by atoms with Gasteiger partial charge in [-0.05, 0) is 37.8 Å². The molecule has 0 bridgehead atoms. The maximum atomic E-state index is 11.7. The Morgan fingerprint density at radius 3 is 2.95 bits per heavy atom. The Bertz CT molecular complexity index is 442. The number of para-hydroxylation sites is 1. The fourth-order valence-corrected chi connectivity index (χ4v) is 2.13. The molecule has 0 amide bonds. The minimum absolute atomic E-state index is 0.358. The Balaban J connectivity index is 1.91. The average molecular weight is 262 g/mol. The molecule has 0 aromatic heterocycles. The van der Waals surface area contributed by atoms with Gasteiger partial charge in [0.05, 0.1) is 23.5 Å². The largest absolute Gasteiger partial charge is 0.462 e. The van der Waals surface area contributed by atoms with Crippen molar-refractivity contribution in [2.45, 2.75) is 32.6 Å². The van der Waals surface area contributed by atoms with Crippen LogP contribution >= 0.6 is 0 Å². The number of benzene rings is 1. The smallest absolute Gasteiger partial charge is 0.340 e. The minimum Gasteiger partial charge on any atom is -0.462 e. The highest BCUT2D eigenvalue weighted by Crippen LogP contribution is 2.33. The second-order valence-corrected chi connectivity index (χ2v) is 5.00. The van der Waals surface area contributed by atoms with Gasteiger partial charge in [-0.2, -0.15) is 0 Å². The number of carbonyl (C=O) groups is 1. The zero-order chi connectivity index (χ0) is 13.7. The third-order valence-electron chi connectivity index (χ3n) is 3.40. The molecule has 19 heavy (non-hydrogen) atoms. The number of hydrogen-bond acceptors (Lipinski definition) is 4. The number of ether oxygens (including phenoxy) is 1. The van der Waals surface area contributed by atoms with E-state index < -0.39 is 0 Å². The number of hydrogen-bond donors (Lipinski definition) is 2. The number of anilines is 2. The van der Waals surface area contributed by atoms with E-state index in [1.165, 1.54) is 19.3 Å². The maximum absolute atomic E-state index is 11.7.